The van der Waals surface area contributed by atoms with E-state index in [1.165, 1.54) is 17.3 Å². The third-order valence-electron chi connectivity index (χ3n) is 2.46. The summed E-state index contributed by atoms with van der Waals surface area (Å²) in [5.74, 6) is 3.56. The van der Waals surface area contributed by atoms with Crippen LogP contribution in [0.5, 0.6) is 0 Å². The molecule has 0 radical (unpaired) electrons. The summed E-state index contributed by atoms with van der Waals surface area (Å²) in [6.45, 7) is -0.392. The topological polar surface area (TPSA) is 27.7 Å². The maximum atomic E-state index is 5.75. The minimum atomic E-state index is -2.47. The van der Waals surface area contributed by atoms with Crippen molar-refractivity contribution in [2.24, 2.45) is 0 Å². The highest BCUT2D eigenvalue weighted by molar-refractivity contribution is 8.08. The molecule has 3 aliphatic heterocycles. The van der Waals surface area contributed by atoms with Crippen LogP contribution in [0.15, 0.2) is 0 Å². The maximum Gasteiger partial charge on any atom is 0.327 e. The zero-order chi connectivity index (χ0) is 11.7. The summed E-state index contributed by atoms with van der Waals surface area (Å²) in [4.78, 5) is 0. The Bertz CT molecular complexity index is 270. The van der Waals surface area contributed by atoms with Crippen molar-refractivity contribution >= 4 is 53.8 Å². The number of hydrogen-bond donors (Lipinski definition) is 0. The molecule has 0 bridgehead atoms. The van der Waals surface area contributed by atoms with E-state index in [0.29, 0.717) is 35.6 Å². The third kappa shape index (κ3) is 5.22. The highest BCUT2D eigenvalue weighted by Crippen LogP contribution is 2.53. The van der Waals surface area contributed by atoms with Crippen molar-refractivity contribution in [1.82, 2.24) is 0 Å². The lowest BCUT2D eigenvalue weighted by Gasteiger charge is -2.21. The third-order valence-corrected chi connectivity index (χ3v) is 7.63. The van der Waals surface area contributed by atoms with E-state index >= 15 is 0 Å². The first-order valence-electron chi connectivity index (χ1n) is 5.62. The van der Waals surface area contributed by atoms with Gasteiger partial charge in [0, 0.05) is 33.0 Å². The molecule has 0 saturated carbocycles. The molecule has 3 saturated heterocycles. The first-order chi connectivity index (χ1) is 8.23. The van der Waals surface area contributed by atoms with E-state index in [1.807, 2.05) is 35.3 Å². The van der Waals surface area contributed by atoms with Gasteiger partial charge in [0.25, 0.3) is 0 Å². The smallest absolute Gasteiger partial charge is 0.307 e. The Labute approximate surface area is 120 Å². The van der Waals surface area contributed by atoms with Crippen LogP contribution in [0.3, 0.4) is 0 Å². The van der Waals surface area contributed by atoms with Crippen LogP contribution in [-0.2, 0) is 25.4 Å². The van der Waals surface area contributed by atoms with Gasteiger partial charge >= 0.3 is 6.72 Å². The largest absolute Gasteiger partial charge is 0.327 e. The molecule has 0 spiro atoms. The SMILES string of the molecule is S=P(OCC1CS1)(OCC1CS1)OCC1CS1. The van der Waals surface area contributed by atoms with Crippen LogP contribution >= 0.6 is 42.0 Å². The second kappa shape index (κ2) is 5.92. The molecule has 3 heterocycles. The molecule has 98 valence electrons. The highest BCUT2D eigenvalue weighted by atomic mass is 32.5. The summed E-state index contributed by atoms with van der Waals surface area (Å²) in [5.41, 5.74) is 0. The van der Waals surface area contributed by atoms with Gasteiger partial charge in [0.15, 0.2) is 0 Å². The molecule has 0 aromatic heterocycles. The van der Waals surface area contributed by atoms with Gasteiger partial charge < -0.3 is 13.6 Å². The van der Waals surface area contributed by atoms with Crippen molar-refractivity contribution in [2.75, 3.05) is 37.1 Å². The minimum absolute atomic E-state index is 0.620. The van der Waals surface area contributed by atoms with Gasteiger partial charge in [-0.15, -0.1) is 0 Å². The summed E-state index contributed by atoms with van der Waals surface area (Å²) >= 11 is 11.2. The fourth-order valence-electron chi connectivity index (χ4n) is 1.13. The molecule has 3 rings (SSSR count). The van der Waals surface area contributed by atoms with Crippen LogP contribution in [0.25, 0.3) is 0 Å². The Morgan fingerprint density at radius 2 is 1.12 bits per heavy atom. The van der Waals surface area contributed by atoms with Crippen LogP contribution in [0, 0.1) is 0 Å². The molecule has 0 N–H and O–H groups in total. The van der Waals surface area contributed by atoms with E-state index in [-0.39, 0.29) is 0 Å². The summed E-state index contributed by atoms with van der Waals surface area (Å²) in [6, 6.07) is 0. The van der Waals surface area contributed by atoms with E-state index in [9.17, 15) is 0 Å². The molecule has 0 aromatic carbocycles. The van der Waals surface area contributed by atoms with Crippen LogP contribution in [-0.4, -0.2) is 52.8 Å². The summed E-state index contributed by atoms with van der Waals surface area (Å²) in [6.07, 6.45) is 0. The monoisotopic (exact) mass is 330 g/mol. The van der Waals surface area contributed by atoms with Gasteiger partial charge in [-0.1, -0.05) is 0 Å². The molecule has 3 atom stereocenters. The van der Waals surface area contributed by atoms with Gasteiger partial charge in [-0.2, -0.15) is 35.3 Å². The predicted octanol–water partition coefficient (Wildman–Crippen LogP) is 2.61. The quantitative estimate of drug-likeness (QED) is 0.474. The maximum absolute atomic E-state index is 5.75. The molecule has 3 aliphatic rings. The predicted molar refractivity (Wildman–Crippen MR) is 80.9 cm³/mol. The summed E-state index contributed by atoms with van der Waals surface area (Å²) < 4.78 is 17.3. The normalized spacial score (nSPS) is 37.5. The lowest BCUT2D eigenvalue weighted by molar-refractivity contribution is 0.165. The van der Waals surface area contributed by atoms with Crippen molar-refractivity contribution in [3.05, 3.63) is 0 Å². The Morgan fingerprint density at radius 3 is 1.35 bits per heavy atom. The van der Waals surface area contributed by atoms with Crippen LogP contribution in [0.1, 0.15) is 0 Å². The minimum Gasteiger partial charge on any atom is -0.307 e. The van der Waals surface area contributed by atoms with Gasteiger partial charge in [0.2, 0.25) is 0 Å². The Balaban J connectivity index is 1.45. The zero-order valence-corrected chi connectivity index (χ0v) is 13.4. The van der Waals surface area contributed by atoms with E-state index in [1.54, 1.807) is 0 Å². The van der Waals surface area contributed by atoms with E-state index < -0.39 is 6.72 Å². The summed E-state index contributed by atoms with van der Waals surface area (Å²) in [7, 11) is 0. The van der Waals surface area contributed by atoms with Gasteiger partial charge in [-0.3, -0.25) is 0 Å². The van der Waals surface area contributed by atoms with Crippen molar-refractivity contribution in [3.8, 4) is 0 Å². The van der Waals surface area contributed by atoms with Crippen molar-refractivity contribution < 1.29 is 13.6 Å². The fourth-order valence-corrected chi connectivity index (χ4v) is 4.48. The molecule has 3 fully saturated rings. The molecule has 3 unspecified atom stereocenters. The van der Waals surface area contributed by atoms with Gasteiger partial charge in [-0.25, -0.2) is 0 Å². The van der Waals surface area contributed by atoms with Crippen LogP contribution < -0.4 is 0 Å². The molecule has 3 nitrogen and oxygen atoms in total. The molecule has 0 aromatic rings. The molecule has 8 heteroatoms. The standard InChI is InChI=1S/C9H15O3PS4/c14-13(10-1-7-4-15-7,11-2-8-5-16-8)12-3-9-6-17-9/h7-9H,1-6H2. The van der Waals surface area contributed by atoms with E-state index in [0.717, 1.165) is 0 Å². The van der Waals surface area contributed by atoms with Gasteiger partial charge in [0.1, 0.15) is 0 Å². The Hall–Kier alpha value is 1.58. The number of rotatable bonds is 9. The average Bonchev–Trinajstić information content (AvgIpc) is 3.17. The Kier molecular flexibility index (Phi) is 4.72. The average molecular weight is 330 g/mol. The molecule has 17 heavy (non-hydrogen) atoms. The van der Waals surface area contributed by atoms with Crippen molar-refractivity contribution in [2.45, 2.75) is 15.7 Å². The Morgan fingerprint density at radius 1 is 0.824 bits per heavy atom. The first kappa shape index (κ1) is 13.6. The van der Waals surface area contributed by atoms with Crippen LogP contribution in [0.2, 0.25) is 0 Å². The van der Waals surface area contributed by atoms with Crippen molar-refractivity contribution in [1.29, 1.82) is 0 Å². The second-order valence-corrected chi connectivity index (χ2v) is 11.2. The van der Waals surface area contributed by atoms with Gasteiger partial charge in [0.05, 0.1) is 19.8 Å². The zero-order valence-electron chi connectivity index (χ0n) is 9.28. The lowest BCUT2D eigenvalue weighted by atomic mass is 10.5. The molecular formula is C9H15O3PS4. The second-order valence-electron chi connectivity index (χ2n) is 4.20. The number of hydrogen-bond acceptors (Lipinski definition) is 7. The van der Waals surface area contributed by atoms with Crippen LogP contribution in [0.4, 0.5) is 0 Å². The molecule has 0 amide bonds. The number of thioether (sulfide) groups is 3. The highest BCUT2D eigenvalue weighted by Gasteiger charge is 2.33. The molecular weight excluding hydrogens is 315 g/mol. The lowest BCUT2D eigenvalue weighted by Crippen LogP contribution is -2.09. The van der Waals surface area contributed by atoms with E-state index in [2.05, 4.69) is 0 Å². The van der Waals surface area contributed by atoms with Crippen molar-refractivity contribution in [3.63, 3.8) is 0 Å². The summed E-state index contributed by atoms with van der Waals surface area (Å²) in [5, 5.41) is 1.86. The van der Waals surface area contributed by atoms with E-state index in [4.69, 9.17) is 25.4 Å². The first-order valence-corrected chi connectivity index (χ1v) is 11.3. The van der Waals surface area contributed by atoms with Gasteiger partial charge in [-0.05, 0) is 11.8 Å². The molecule has 0 aliphatic carbocycles. The fraction of sp³-hybridized carbons (Fsp3) is 1.00.